The standard InChI is InChI=1S/C13H18BrN3O/c14-11-7-8(13(16)18)1-6-12(11)17-10-4-2-9(15)3-5-10/h1,6-7,9-10,17H,2-5,15H2,(H2,16,18). The third-order valence-corrected chi connectivity index (χ3v) is 4.04. The van der Waals surface area contributed by atoms with Gasteiger partial charge in [0.2, 0.25) is 5.91 Å². The molecule has 0 bridgehead atoms. The first kappa shape index (κ1) is 13.4. The minimum atomic E-state index is -0.411. The topological polar surface area (TPSA) is 81.1 Å². The third kappa shape index (κ3) is 3.23. The zero-order chi connectivity index (χ0) is 13.1. The van der Waals surface area contributed by atoms with Crippen LogP contribution in [0.25, 0.3) is 0 Å². The lowest BCUT2D eigenvalue weighted by atomic mass is 9.91. The molecule has 2 rings (SSSR count). The molecule has 1 aliphatic carbocycles. The number of amides is 1. The summed E-state index contributed by atoms with van der Waals surface area (Å²) in [5, 5.41) is 3.48. The first-order valence-electron chi connectivity index (χ1n) is 6.17. The zero-order valence-electron chi connectivity index (χ0n) is 10.2. The molecular formula is C13H18BrN3O. The van der Waals surface area contributed by atoms with Crippen LogP contribution in [0.5, 0.6) is 0 Å². The third-order valence-electron chi connectivity index (χ3n) is 3.39. The molecule has 1 aromatic carbocycles. The quantitative estimate of drug-likeness (QED) is 0.800. The van der Waals surface area contributed by atoms with E-state index in [0.29, 0.717) is 17.6 Å². The van der Waals surface area contributed by atoms with Crippen LogP contribution < -0.4 is 16.8 Å². The molecule has 5 heteroatoms. The Morgan fingerprint density at radius 2 is 1.94 bits per heavy atom. The van der Waals surface area contributed by atoms with Crippen molar-refractivity contribution in [1.29, 1.82) is 0 Å². The molecule has 4 nitrogen and oxygen atoms in total. The molecule has 0 radical (unpaired) electrons. The lowest BCUT2D eigenvalue weighted by Crippen LogP contribution is -2.32. The lowest BCUT2D eigenvalue weighted by Gasteiger charge is -2.28. The molecule has 18 heavy (non-hydrogen) atoms. The van der Waals surface area contributed by atoms with Crippen LogP contribution in [0.3, 0.4) is 0 Å². The number of benzene rings is 1. The first-order valence-corrected chi connectivity index (χ1v) is 6.97. The van der Waals surface area contributed by atoms with E-state index in [1.54, 1.807) is 12.1 Å². The smallest absolute Gasteiger partial charge is 0.248 e. The lowest BCUT2D eigenvalue weighted by molar-refractivity contribution is 0.100. The second-order valence-corrected chi connectivity index (χ2v) is 5.67. The maximum atomic E-state index is 11.1. The van der Waals surface area contributed by atoms with Crippen LogP contribution in [0.15, 0.2) is 22.7 Å². The number of carbonyl (C=O) groups is 1. The highest BCUT2D eigenvalue weighted by molar-refractivity contribution is 9.10. The number of halogens is 1. The Morgan fingerprint density at radius 3 is 2.50 bits per heavy atom. The highest BCUT2D eigenvalue weighted by Crippen LogP contribution is 2.27. The van der Waals surface area contributed by atoms with E-state index < -0.39 is 5.91 Å². The molecule has 5 N–H and O–H groups in total. The summed E-state index contributed by atoms with van der Waals surface area (Å²) in [6.45, 7) is 0. The Balaban J connectivity index is 2.03. The van der Waals surface area contributed by atoms with Gasteiger partial charge in [0.05, 0.1) is 0 Å². The van der Waals surface area contributed by atoms with Crippen LogP contribution in [0, 0.1) is 0 Å². The summed E-state index contributed by atoms with van der Waals surface area (Å²) in [5.41, 5.74) is 12.6. The number of hydrogen-bond acceptors (Lipinski definition) is 3. The summed E-state index contributed by atoms with van der Waals surface area (Å²) >= 11 is 3.46. The van der Waals surface area contributed by atoms with Crippen LogP contribution in [-0.4, -0.2) is 18.0 Å². The number of anilines is 1. The second-order valence-electron chi connectivity index (χ2n) is 4.81. The molecule has 0 unspecified atom stereocenters. The molecule has 0 heterocycles. The van der Waals surface area contributed by atoms with Gasteiger partial charge in [-0.2, -0.15) is 0 Å². The van der Waals surface area contributed by atoms with Gasteiger partial charge in [-0.25, -0.2) is 0 Å². The minimum Gasteiger partial charge on any atom is -0.381 e. The molecule has 98 valence electrons. The average Bonchev–Trinajstić information content (AvgIpc) is 2.34. The zero-order valence-corrected chi connectivity index (χ0v) is 11.7. The van der Waals surface area contributed by atoms with Gasteiger partial charge < -0.3 is 16.8 Å². The van der Waals surface area contributed by atoms with Crippen LogP contribution in [0.1, 0.15) is 36.0 Å². The van der Waals surface area contributed by atoms with Crippen molar-refractivity contribution in [3.63, 3.8) is 0 Å². The van der Waals surface area contributed by atoms with E-state index in [4.69, 9.17) is 11.5 Å². The number of primary amides is 1. The molecular weight excluding hydrogens is 294 g/mol. The van der Waals surface area contributed by atoms with Crippen molar-refractivity contribution < 1.29 is 4.79 Å². The summed E-state index contributed by atoms with van der Waals surface area (Å²) in [7, 11) is 0. The monoisotopic (exact) mass is 311 g/mol. The van der Waals surface area contributed by atoms with E-state index in [-0.39, 0.29) is 0 Å². The van der Waals surface area contributed by atoms with Gasteiger partial charge in [-0.15, -0.1) is 0 Å². The van der Waals surface area contributed by atoms with Gasteiger partial charge in [0, 0.05) is 27.8 Å². The van der Waals surface area contributed by atoms with Crippen molar-refractivity contribution in [2.45, 2.75) is 37.8 Å². The Bertz CT molecular complexity index is 442. The van der Waals surface area contributed by atoms with Crippen molar-refractivity contribution in [2.75, 3.05) is 5.32 Å². The molecule has 1 aromatic rings. The van der Waals surface area contributed by atoms with Gasteiger partial charge in [0.25, 0.3) is 0 Å². The van der Waals surface area contributed by atoms with E-state index in [9.17, 15) is 4.79 Å². The predicted octanol–water partition coefficient (Wildman–Crippen LogP) is 2.23. The van der Waals surface area contributed by atoms with Gasteiger partial charge in [-0.05, 0) is 59.8 Å². The minimum absolute atomic E-state index is 0.351. The number of hydrogen-bond donors (Lipinski definition) is 3. The SMILES string of the molecule is NC(=O)c1ccc(NC2CCC(N)CC2)c(Br)c1. The molecule has 0 saturated heterocycles. The summed E-state index contributed by atoms with van der Waals surface area (Å²) < 4.78 is 0.869. The van der Waals surface area contributed by atoms with Crippen LogP contribution >= 0.6 is 15.9 Å². The Kier molecular flexibility index (Phi) is 4.24. The molecule has 1 amide bonds. The predicted molar refractivity (Wildman–Crippen MR) is 76.5 cm³/mol. The van der Waals surface area contributed by atoms with Gasteiger partial charge in [-0.3, -0.25) is 4.79 Å². The van der Waals surface area contributed by atoms with E-state index >= 15 is 0 Å². The van der Waals surface area contributed by atoms with Crippen molar-refractivity contribution in [1.82, 2.24) is 0 Å². The summed E-state index contributed by atoms with van der Waals surface area (Å²) in [6, 6.07) is 6.19. The van der Waals surface area contributed by atoms with E-state index in [2.05, 4.69) is 21.2 Å². The van der Waals surface area contributed by atoms with E-state index in [1.807, 2.05) is 6.07 Å². The fourth-order valence-electron chi connectivity index (χ4n) is 2.27. The number of nitrogens with two attached hydrogens (primary N) is 2. The maximum absolute atomic E-state index is 11.1. The largest absolute Gasteiger partial charge is 0.381 e. The van der Waals surface area contributed by atoms with Gasteiger partial charge in [0.15, 0.2) is 0 Å². The maximum Gasteiger partial charge on any atom is 0.248 e. The van der Waals surface area contributed by atoms with Crippen molar-refractivity contribution >= 4 is 27.5 Å². The molecule has 0 aliphatic heterocycles. The van der Waals surface area contributed by atoms with E-state index in [0.717, 1.165) is 35.8 Å². The van der Waals surface area contributed by atoms with Crippen LogP contribution in [-0.2, 0) is 0 Å². The summed E-state index contributed by atoms with van der Waals surface area (Å²) in [6.07, 6.45) is 4.31. The number of nitrogens with one attached hydrogen (secondary N) is 1. The molecule has 0 spiro atoms. The highest BCUT2D eigenvalue weighted by atomic mass is 79.9. The van der Waals surface area contributed by atoms with Crippen molar-refractivity contribution in [3.8, 4) is 0 Å². The second kappa shape index (κ2) is 5.71. The summed E-state index contributed by atoms with van der Waals surface area (Å²) in [4.78, 5) is 11.1. The first-order chi connectivity index (χ1) is 8.56. The molecule has 1 aliphatic rings. The Labute approximate surface area is 115 Å². The van der Waals surface area contributed by atoms with Crippen LogP contribution in [0.4, 0.5) is 5.69 Å². The van der Waals surface area contributed by atoms with Crippen molar-refractivity contribution in [3.05, 3.63) is 28.2 Å². The fourth-order valence-corrected chi connectivity index (χ4v) is 2.76. The Hall–Kier alpha value is -1.07. The number of rotatable bonds is 3. The van der Waals surface area contributed by atoms with E-state index in [1.165, 1.54) is 0 Å². The average molecular weight is 312 g/mol. The normalized spacial score (nSPS) is 23.7. The van der Waals surface area contributed by atoms with Gasteiger partial charge in [0.1, 0.15) is 0 Å². The Morgan fingerprint density at radius 1 is 1.28 bits per heavy atom. The van der Waals surface area contributed by atoms with Crippen LogP contribution in [0.2, 0.25) is 0 Å². The fraction of sp³-hybridized carbons (Fsp3) is 0.462. The number of carbonyl (C=O) groups excluding carboxylic acids is 1. The summed E-state index contributed by atoms with van der Waals surface area (Å²) in [5.74, 6) is -0.411. The van der Waals surface area contributed by atoms with Gasteiger partial charge >= 0.3 is 0 Å². The molecule has 1 fully saturated rings. The highest BCUT2D eigenvalue weighted by Gasteiger charge is 2.19. The molecule has 1 saturated carbocycles. The molecule has 0 aromatic heterocycles. The van der Waals surface area contributed by atoms with Gasteiger partial charge in [-0.1, -0.05) is 0 Å². The van der Waals surface area contributed by atoms with Crippen molar-refractivity contribution in [2.24, 2.45) is 11.5 Å². The molecule has 0 atom stereocenters.